The molecule has 0 radical (unpaired) electrons. The highest BCUT2D eigenvalue weighted by Crippen LogP contribution is 2.25. The zero-order valence-electron chi connectivity index (χ0n) is 10.2. The number of hydrogen-bond donors (Lipinski definition) is 2. The number of rotatable bonds is 2. The van der Waals surface area contributed by atoms with E-state index in [0.717, 1.165) is 5.56 Å². The van der Waals surface area contributed by atoms with Crippen molar-refractivity contribution in [1.82, 2.24) is 0 Å². The SMILES string of the molecule is Cc1cc(N)cc(C(=O)Nc2c(F)cccc2Cl)c1. The van der Waals surface area contributed by atoms with Crippen LogP contribution in [0.5, 0.6) is 0 Å². The standard InChI is InChI=1S/C14H12ClFN2O/c1-8-5-9(7-10(17)6-8)14(19)18-13-11(15)3-2-4-12(13)16/h2-7H,17H2,1H3,(H,18,19). The maximum Gasteiger partial charge on any atom is 0.255 e. The average molecular weight is 279 g/mol. The molecule has 0 saturated carbocycles. The first-order valence-electron chi connectivity index (χ1n) is 5.60. The van der Waals surface area contributed by atoms with E-state index in [1.165, 1.54) is 24.3 Å². The third kappa shape index (κ3) is 3.03. The van der Waals surface area contributed by atoms with Crippen LogP contribution < -0.4 is 11.1 Å². The Bertz CT molecular complexity index is 603. The molecule has 2 rings (SSSR count). The molecule has 98 valence electrons. The second kappa shape index (κ2) is 5.28. The summed E-state index contributed by atoms with van der Waals surface area (Å²) in [7, 11) is 0. The Morgan fingerprint density at radius 3 is 2.68 bits per heavy atom. The molecule has 0 bridgehead atoms. The molecule has 2 aromatic rings. The first-order valence-corrected chi connectivity index (χ1v) is 5.97. The number of nitrogen functional groups attached to an aromatic ring is 1. The summed E-state index contributed by atoms with van der Waals surface area (Å²) in [6, 6.07) is 9.14. The highest BCUT2D eigenvalue weighted by molar-refractivity contribution is 6.34. The van der Waals surface area contributed by atoms with E-state index in [4.69, 9.17) is 17.3 Å². The number of nitrogens with one attached hydrogen (secondary N) is 1. The molecule has 3 nitrogen and oxygen atoms in total. The van der Waals surface area contributed by atoms with Crippen LogP contribution in [0.1, 0.15) is 15.9 Å². The molecule has 0 aliphatic rings. The minimum absolute atomic E-state index is 0.0331. The number of nitrogens with two attached hydrogens (primary N) is 1. The average Bonchev–Trinajstić information content (AvgIpc) is 2.32. The van der Waals surface area contributed by atoms with E-state index < -0.39 is 11.7 Å². The summed E-state index contributed by atoms with van der Waals surface area (Å²) >= 11 is 5.84. The first kappa shape index (κ1) is 13.4. The molecule has 1 amide bonds. The fourth-order valence-electron chi connectivity index (χ4n) is 1.75. The molecule has 0 aliphatic heterocycles. The molecule has 0 saturated heterocycles. The van der Waals surface area contributed by atoms with Gasteiger partial charge < -0.3 is 11.1 Å². The van der Waals surface area contributed by atoms with Crippen LogP contribution in [0.2, 0.25) is 5.02 Å². The molecule has 0 aliphatic carbocycles. The molecule has 0 fully saturated rings. The molecule has 0 atom stereocenters. The molecule has 5 heteroatoms. The predicted octanol–water partition coefficient (Wildman–Crippen LogP) is 3.62. The molecule has 0 aromatic heterocycles. The Hall–Kier alpha value is -2.07. The van der Waals surface area contributed by atoms with Gasteiger partial charge in [-0.25, -0.2) is 4.39 Å². The lowest BCUT2D eigenvalue weighted by atomic mass is 10.1. The van der Waals surface area contributed by atoms with E-state index in [1.807, 2.05) is 6.92 Å². The van der Waals surface area contributed by atoms with Gasteiger partial charge in [-0.15, -0.1) is 0 Å². The molecular weight excluding hydrogens is 267 g/mol. The van der Waals surface area contributed by atoms with Crippen molar-refractivity contribution in [3.05, 3.63) is 58.4 Å². The third-order valence-corrected chi connectivity index (χ3v) is 2.88. The van der Waals surface area contributed by atoms with Gasteiger partial charge >= 0.3 is 0 Å². The van der Waals surface area contributed by atoms with Gasteiger partial charge in [0.1, 0.15) is 5.82 Å². The highest BCUT2D eigenvalue weighted by Gasteiger charge is 2.12. The maximum atomic E-state index is 13.6. The fraction of sp³-hybridized carbons (Fsp3) is 0.0714. The summed E-state index contributed by atoms with van der Waals surface area (Å²) in [4.78, 5) is 12.0. The lowest BCUT2D eigenvalue weighted by Gasteiger charge is -2.09. The minimum Gasteiger partial charge on any atom is -0.399 e. The van der Waals surface area contributed by atoms with Gasteiger partial charge in [-0.05, 0) is 42.8 Å². The van der Waals surface area contributed by atoms with Crippen molar-refractivity contribution < 1.29 is 9.18 Å². The zero-order chi connectivity index (χ0) is 14.0. The van der Waals surface area contributed by atoms with Gasteiger partial charge in [0.05, 0.1) is 10.7 Å². The Morgan fingerprint density at radius 2 is 2.05 bits per heavy atom. The first-order chi connectivity index (χ1) is 8.97. The number of carbonyl (C=O) groups is 1. The van der Waals surface area contributed by atoms with E-state index in [1.54, 1.807) is 12.1 Å². The Balaban J connectivity index is 2.31. The second-order valence-electron chi connectivity index (χ2n) is 4.18. The van der Waals surface area contributed by atoms with Gasteiger partial charge in [0.15, 0.2) is 0 Å². The quantitative estimate of drug-likeness (QED) is 0.824. The summed E-state index contributed by atoms with van der Waals surface area (Å²) in [5.41, 5.74) is 7.32. The number of amides is 1. The number of aryl methyl sites for hydroxylation is 1. The number of para-hydroxylation sites is 1. The van der Waals surface area contributed by atoms with Crippen molar-refractivity contribution in [1.29, 1.82) is 0 Å². The molecule has 0 heterocycles. The minimum atomic E-state index is -0.582. The normalized spacial score (nSPS) is 10.3. The van der Waals surface area contributed by atoms with Crippen LogP contribution in [0.3, 0.4) is 0 Å². The number of hydrogen-bond acceptors (Lipinski definition) is 2. The van der Waals surface area contributed by atoms with Crippen molar-refractivity contribution >= 4 is 28.9 Å². The van der Waals surface area contributed by atoms with Crippen LogP contribution in [0.25, 0.3) is 0 Å². The highest BCUT2D eigenvalue weighted by atomic mass is 35.5. The van der Waals surface area contributed by atoms with Crippen LogP contribution in [0, 0.1) is 12.7 Å². The lowest BCUT2D eigenvalue weighted by Crippen LogP contribution is -2.14. The van der Waals surface area contributed by atoms with Crippen molar-refractivity contribution in [3.63, 3.8) is 0 Å². The number of carbonyl (C=O) groups excluding carboxylic acids is 1. The van der Waals surface area contributed by atoms with Crippen LogP contribution in [0.15, 0.2) is 36.4 Å². The van der Waals surface area contributed by atoms with Gasteiger partial charge in [-0.3, -0.25) is 4.79 Å². The number of anilines is 2. The van der Waals surface area contributed by atoms with Crippen LogP contribution >= 0.6 is 11.6 Å². The largest absolute Gasteiger partial charge is 0.399 e. The molecule has 0 spiro atoms. The van der Waals surface area contributed by atoms with Crippen LogP contribution in [0.4, 0.5) is 15.8 Å². The summed E-state index contributed by atoms with van der Waals surface area (Å²) in [6.07, 6.45) is 0. The van der Waals surface area contributed by atoms with Gasteiger partial charge in [0, 0.05) is 11.3 Å². The topological polar surface area (TPSA) is 55.1 Å². The monoisotopic (exact) mass is 278 g/mol. The van der Waals surface area contributed by atoms with Crippen molar-refractivity contribution in [3.8, 4) is 0 Å². The summed E-state index contributed by atoms with van der Waals surface area (Å²) in [5, 5.41) is 2.59. The van der Waals surface area contributed by atoms with E-state index >= 15 is 0 Å². The van der Waals surface area contributed by atoms with Crippen LogP contribution in [-0.4, -0.2) is 5.91 Å². The number of benzene rings is 2. The van der Waals surface area contributed by atoms with Crippen molar-refractivity contribution in [2.24, 2.45) is 0 Å². The molecule has 2 aromatic carbocycles. The summed E-state index contributed by atoms with van der Waals surface area (Å²) in [6.45, 7) is 1.82. The van der Waals surface area contributed by atoms with Crippen molar-refractivity contribution in [2.45, 2.75) is 6.92 Å². The Labute approximate surface area is 115 Å². The zero-order valence-corrected chi connectivity index (χ0v) is 11.0. The predicted molar refractivity (Wildman–Crippen MR) is 75.0 cm³/mol. The summed E-state index contributed by atoms with van der Waals surface area (Å²) < 4.78 is 13.6. The van der Waals surface area contributed by atoms with E-state index in [-0.39, 0.29) is 10.7 Å². The molecule has 0 unspecified atom stereocenters. The van der Waals surface area contributed by atoms with Gasteiger partial charge in [0.2, 0.25) is 0 Å². The third-order valence-electron chi connectivity index (χ3n) is 2.56. The van der Waals surface area contributed by atoms with E-state index in [9.17, 15) is 9.18 Å². The lowest BCUT2D eigenvalue weighted by molar-refractivity contribution is 0.102. The molecule has 3 N–H and O–H groups in total. The molecule has 19 heavy (non-hydrogen) atoms. The Morgan fingerprint density at radius 1 is 1.32 bits per heavy atom. The second-order valence-corrected chi connectivity index (χ2v) is 4.59. The van der Waals surface area contributed by atoms with Crippen molar-refractivity contribution in [2.75, 3.05) is 11.1 Å². The fourth-order valence-corrected chi connectivity index (χ4v) is 1.96. The van der Waals surface area contributed by atoms with Crippen LogP contribution in [-0.2, 0) is 0 Å². The number of halogens is 2. The van der Waals surface area contributed by atoms with Gasteiger partial charge in [0.25, 0.3) is 5.91 Å². The van der Waals surface area contributed by atoms with E-state index in [0.29, 0.717) is 11.3 Å². The van der Waals surface area contributed by atoms with Gasteiger partial charge in [-0.1, -0.05) is 17.7 Å². The molecular formula is C14H12ClFN2O. The Kier molecular flexibility index (Phi) is 3.71. The van der Waals surface area contributed by atoms with E-state index in [2.05, 4.69) is 5.32 Å². The maximum absolute atomic E-state index is 13.6. The summed E-state index contributed by atoms with van der Waals surface area (Å²) in [5.74, 6) is -1.04. The smallest absolute Gasteiger partial charge is 0.255 e. The van der Waals surface area contributed by atoms with Gasteiger partial charge in [-0.2, -0.15) is 0 Å².